The summed E-state index contributed by atoms with van der Waals surface area (Å²) in [5.41, 5.74) is 0.241. The van der Waals surface area contributed by atoms with Crippen LogP contribution < -0.4 is 0 Å². The van der Waals surface area contributed by atoms with Crippen molar-refractivity contribution in [3.63, 3.8) is 0 Å². The molecule has 8 heteroatoms. The number of ether oxygens (including phenoxy) is 2. The molecule has 0 heterocycles. The predicted octanol–water partition coefficient (Wildman–Crippen LogP) is 4.48. The fourth-order valence-corrected chi connectivity index (χ4v) is 2.82. The molecule has 2 aromatic carbocycles. The normalized spacial score (nSPS) is 10.5. The molecule has 0 unspecified atom stereocenters. The molecule has 0 bridgehead atoms. The van der Waals surface area contributed by atoms with Gasteiger partial charge in [-0.25, -0.2) is 9.59 Å². The Morgan fingerprint density at radius 3 is 1.38 bits per heavy atom. The summed E-state index contributed by atoms with van der Waals surface area (Å²) in [4.78, 5) is 47.4. The van der Waals surface area contributed by atoms with Crippen molar-refractivity contribution in [2.45, 2.75) is 13.3 Å². The minimum atomic E-state index is -0.758. The van der Waals surface area contributed by atoms with Crippen molar-refractivity contribution in [1.29, 1.82) is 0 Å². The summed E-state index contributed by atoms with van der Waals surface area (Å²) in [6.45, 7) is 1.80. The summed E-state index contributed by atoms with van der Waals surface area (Å²) in [6, 6.07) is 12.1. The van der Waals surface area contributed by atoms with Crippen LogP contribution in [0.25, 0.3) is 0 Å². The molecule has 0 aliphatic rings. The molecule has 0 aliphatic heterocycles. The van der Waals surface area contributed by atoms with E-state index in [-0.39, 0.29) is 41.4 Å². The Labute approximate surface area is 177 Å². The van der Waals surface area contributed by atoms with Gasteiger partial charge in [-0.2, -0.15) is 0 Å². The smallest absolute Gasteiger partial charge is 0.338 e. The van der Waals surface area contributed by atoms with Crippen LogP contribution in [0.15, 0.2) is 48.5 Å². The Morgan fingerprint density at radius 2 is 1.07 bits per heavy atom. The molecule has 0 amide bonds. The minimum Gasteiger partial charge on any atom is -0.462 e. The van der Waals surface area contributed by atoms with Crippen LogP contribution in [0.1, 0.15) is 54.8 Å². The number of carbonyl (C=O) groups excluding carboxylic acids is 4. The zero-order chi connectivity index (χ0) is 21.4. The first kappa shape index (κ1) is 22.6. The lowest BCUT2D eigenvalue weighted by molar-refractivity contribution is 0.0252. The van der Waals surface area contributed by atoms with Crippen molar-refractivity contribution in [2.75, 3.05) is 13.2 Å². The van der Waals surface area contributed by atoms with E-state index in [1.807, 2.05) is 6.92 Å². The summed E-state index contributed by atoms with van der Waals surface area (Å²) < 4.78 is 10.5. The molecule has 0 radical (unpaired) electrons. The van der Waals surface area contributed by atoms with E-state index in [2.05, 4.69) is 0 Å². The van der Waals surface area contributed by atoms with Gasteiger partial charge in [0.05, 0.1) is 24.3 Å². The van der Waals surface area contributed by atoms with Gasteiger partial charge < -0.3 is 9.47 Å². The van der Waals surface area contributed by atoms with Crippen LogP contribution >= 0.6 is 23.2 Å². The van der Waals surface area contributed by atoms with Gasteiger partial charge in [-0.15, -0.1) is 0 Å². The Kier molecular flexibility index (Phi) is 8.36. The number of hydrogen-bond acceptors (Lipinski definition) is 6. The predicted molar refractivity (Wildman–Crippen MR) is 108 cm³/mol. The van der Waals surface area contributed by atoms with Gasteiger partial charge in [-0.05, 0) is 53.9 Å². The van der Waals surface area contributed by atoms with Gasteiger partial charge >= 0.3 is 11.9 Å². The highest BCUT2D eigenvalue weighted by Gasteiger charge is 2.20. The standard InChI is InChI=1S/C21H18Cl2O6/c1-2-13(11-28-20(26)16-9-5-3-7-14(16)18(22)24)12-29-21(27)17-10-6-4-8-15(17)19(23)25/h3-10,13H,2,11-12H2,1H3. The first-order valence-corrected chi connectivity index (χ1v) is 9.52. The van der Waals surface area contributed by atoms with Crippen molar-refractivity contribution in [2.24, 2.45) is 5.92 Å². The maximum Gasteiger partial charge on any atom is 0.338 e. The highest BCUT2D eigenvalue weighted by molar-refractivity contribution is 6.68. The molecule has 0 atom stereocenters. The van der Waals surface area contributed by atoms with E-state index >= 15 is 0 Å². The first-order valence-electron chi connectivity index (χ1n) is 8.77. The minimum absolute atomic E-state index is 0.0243. The molecule has 0 aliphatic carbocycles. The molecule has 0 fully saturated rings. The lowest BCUT2D eigenvalue weighted by atomic mass is 10.1. The first-order chi connectivity index (χ1) is 13.8. The highest BCUT2D eigenvalue weighted by Crippen LogP contribution is 2.16. The summed E-state index contributed by atoms with van der Waals surface area (Å²) in [6.07, 6.45) is 0.562. The van der Waals surface area contributed by atoms with Gasteiger partial charge in [0, 0.05) is 17.0 Å². The molecular weight excluding hydrogens is 419 g/mol. The third-order valence-corrected chi connectivity index (χ3v) is 4.60. The molecule has 0 spiro atoms. The number of benzene rings is 2. The molecule has 6 nitrogen and oxygen atoms in total. The monoisotopic (exact) mass is 436 g/mol. The lowest BCUT2D eigenvalue weighted by Gasteiger charge is -2.16. The van der Waals surface area contributed by atoms with Crippen LogP contribution in [0.2, 0.25) is 0 Å². The van der Waals surface area contributed by atoms with Crippen LogP contribution in [-0.4, -0.2) is 35.6 Å². The van der Waals surface area contributed by atoms with Crippen molar-refractivity contribution in [3.05, 3.63) is 70.8 Å². The molecule has 2 rings (SSSR count). The summed E-state index contributed by atoms with van der Waals surface area (Å²) in [7, 11) is 0. The fourth-order valence-electron chi connectivity index (χ4n) is 2.49. The zero-order valence-corrected chi connectivity index (χ0v) is 17.0. The van der Waals surface area contributed by atoms with Crippen LogP contribution in [-0.2, 0) is 9.47 Å². The van der Waals surface area contributed by atoms with Crippen LogP contribution in [0.3, 0.4) is 0 Å². The van der Waals surface area contributed by atoms with Crippen LogP contribution in [0.5, 0.6) is 0 Å². The summed E-state index contributed by atoms with van der Waals surface area (Å²) in [5.74, 6) is -1.67. The quantitative estimate of drug-likeness (QED) is 0.425. The molecule has 152 valence electrons. The van der Waals surface area contributed by atoms with Gasteiger partial charge in [0.2, 0.25) is 0 Å². The third kappa shape index (κ3) is 6.14. The van der Waals surface area contributed by atoms with Crippen molar-refractivity contribution >= 4 is 45.6 Å². The Hall–Kier alpha value is -2.70. The van der Waals surface area contributed by atoms with Crippen LogP contribution in [0, 0.1) is 5.92 Å². The Balaban J connectivity index is 1.96. The zero-order valence-electron chi connectivity index (χ0n) is 15.5. The number of esters is 2. The maximum atomic E-state index is 12.3. The maximum absolute atomic E-state index is 12.3. The molecular formula is C21H18Cl2O6. The van der Waals surface area contributed by atoms with E-state index in [1.54, 1.807) is 24.3 Å². The van der Waals surface area contributed by atoms with Gasteiger partial charge in [-0.1, -0.05) is 31.2 Å². The van der Waals surface area contributed by atoms with E-state index in [9.17, 15) is 19.2 Å². The summed E-state index contributed by atoms with van der Waals surface area (Å²) >= 11 is 11.0. The SMILES string of the molecule is CCC(COC(=O)c1ccccc1C(=O)Cl)COC(=O)c1ccccc1C(=O)Cl. The van der Waals surface area contributed by atoms with E-state index in [1.165, 1.54) is 24.3 Å². The van der Waals surface area contributed by atoms with Gasteiger partial charge in [-0.3, -0.25) is 9.59 Å². The van der Waals surface area contributed by atoms with Crippen LogP contribution in [0.4, 0.5) is 0 Å². The van der Waals surface area contributed by atoms with Crippen molar-refractivity contribution < 1.29 is 28.7 Å². The van der Waals surface area contributed by atoms with Crippen molar-refractivity contribution in [1.82, 2.24) is 0 Å². The summed E-state index contributed by atoms with van der Waals surface area (Å²) in [5, 5.41) is -1.52. The van der Waals surface area contributed by atoms with Crippen molar-refractivity contribution in [3.8, 4) is 0 Å². The highest BCUT2D eigenvalue weighted by atomic mass is 35.5. The lowest BCUT2D eigenvalue weighted by Crippen LogP contribution is -2.21. The Bertz CT molecular complexity index is 851. The van der Waals surface area contributed by atoms with E-state index in [4.69, 9.17) is 32.7 Å². The average molecular weight is 437 g/mol. The molecule has 0 aromatic heterocycles. The van der Waals surface area contributed by atoms with E-state index < -0.39 is 22.4 Å². The fraction of sp³-hybridized carbons (Fsp3) is 0.238. The third-order valence-electron chi connectivity index (χ3n) is 4.20. The second-order valence-corrected chi connectivity index (χ2v) is 6.80. The number of rotatable bonds is 9. The van der Waals surface area contributed by atoms with Gasteiger partial charge in [0.1, 0.15) is 0 Å². The van der Waals surface area contributed by atoms with Gasteiger partial charge in [0.25, 0.3) is 10.5 Å². The van der Waals surface area contributed by atoms with Gasteiger partial charge in [0.15, 0.2) is 0 Å². The second-order valence-electron chi connectivity index (χ2n) is 6.11. The molecule has 0 saturated carbocycles. The largest absolute Gasteiger partial charge is 0.462 e. The number of carbonyl (C=O) groups is 4. The second kappa shape index (κ2) is 10.7. The average Bonchev–Trinajstić information content (AvgIpc) is 2.73. The molecule has 0 N–H and O–H groups in total. The number of hydrogen-bond donors (Lipinski definition) is 0. The Morgan fingerprint density at radius 1 is 0.724 bits per heavy atom. The topological polar surface area (TPSA) is 86.7 Å². The van der Waals surface area contributed by atoms with E-state index in [0.29, 0.717) is 6.42 Å². The molecule has 29 heavy (non-hydrogen) atoms. The molecule has 2 aromatic rings. The number of halogens is 2. The van der Waals surface area contributed by atoms with E-state index in [0.717, 1.165) is 0 Å². The molecule has 0 saturated heterocycles.